The van der Waals surface area contributed by atoms with Gasteiger partial charge < -0.3 is 10.6 Å². The number of pyridine rings is 1. The highest BCUT2D eigenvalue weighted by Gasteiger charge is 2.45. The number of hydrogen-bond acceptors (Lipinski definition) is 5. The number of alkyl halides is 2. The zero-order valence-electron chi connectivity index (χ0n) is 14.0. The molecule has 0 aliphatic heterocycles. The van der Waals surface area contributed by atoms with E-state index in [1.807, 2.05) is 0 Å². The van der Waals surface area contributed by atoms with Gasteiger partial charge in [-0.3, -0.25) is 9.99 Å². The van der Waals surface area contributed by atoms with E-state index in [1.165, 1.54) is 6.07 Å². The van der Waals surface area contributed by atoms with Crippen LogP contribution in [0.2, 0.25) is 0 Å². The second-order valence-corrected chi connectivity index (χ2v) is 5.47. The average Bonchev–Trinajstić information content (AvgIpc) is 2.61. The second kappa shape index (κ2) is 8.49. The molecule has 2 rings (SSSR count). The molecule has 0 aliphatic carbocycles. The maximum Gasteiger partial charge on any atom is 0.298 e. The highest BCUT2D eigenvalue weighted by atomic mass is 19.3. The molecule has 0 aliphatic rings. The maximum atomic E-state index is 15.2. The Balaban J connectivity index is 2.47. The van der Waals surface area contributed by atoms with Gasteiger partial charge in [0.25, 0.3) is 5.92 Å². The lowest BCUT2D eigenvalue weighted by molar-refractivity contribution is -0.0443. The lowest BCUT2D eigenvalue weighted by Gasteiger charge is -2.29. The van der Waals surface area contributed by atoms with Crippen LogP contribution in [0, 0.1) is 11.6 Å². The molecule has 1 unspecified atom stereocenters. The zero-order valence-corrected chi connectivity index (χ0v) is 14.0. The van der Waals surface area contributed by atoms with Crippen LogP contribution in [-0.2, 0) is 5.92 Å². The van der Waals surface area contributed by atoms with Gasteiger partial charge in [-0.25, -0.2) is 14.6 Å². The summed E-state index contributed by atoms with van der Waals surface area (Å²) in [5.41, 5.74) is -1.08. The highest BCUT2D eigenvalue weighted by molar-refractivity contribution is 5.53. The number of rotatable bonds is 8. The maximum absolute atomic E-state index is 15.2. The van der Waals surface area contributed by atoms with E-state index in [0.29, 0.717) is 6.07 Å². The van der Waals surface area contributed by atoms with Crippen LogP contribution in [0.3, 0.4) is 0 Å². The molecular formula is C17H17F4N5O. The number of ether oxygens (including phenoxy) is 1. The highest BCUT2D eigenvalue weighted by Crippen LogP contribution is 2.42. The Morgan fingerprint density at radius 1 is 1.30 bits per heavy atom. The topological polar surface area (TPSA) is 89.8 Å². The van der Waals surface area contributed by atoms with Gasteiger partial charge in [0.2, 0.25) is 0 Å². The summed E-state index contributed by atoms with van der Waals surface area (Å²) in [6.45, 7) is 2.78. The molecule has 0 fully saturated rings. The predicted octanol–water partition coefficient (Wildman–Crippen LogP) is 2.84. The standard InChI is InChI=1S/C17H17F4N5O/c1-2-27-12-4-6-16(24-8-12)17(20,21)14(9-26(23)10-25-22)13-5-3-11(18)7-15(13)19/h2-8,10,14H,1,9,22-23H2/b25-10-. The van der Waals surface area contributed by atoms with Crippen molar-refractivity contribution in [2.75, 3.05) is 6.54 Å². The number of benzene rings is 1. The minimum atomic E-state index is -3.66. The lowest BCUT2D eigenvalue weighted by atomic mass is 9.89. The minimum Gasteiger partial charge on any atom is -0.464 e. The van der Waals surface area contributed by atoms with E-state index in [4.69, 9.17) is 16.4 Å². The van der Waals surface area contributed by atoms with Crippen LogP contribution in [0.1, 0.15) is 17.2 Å². The number of nitrogens with zero attached hydrogens (tertiary/aromatic N) is 3. The second-order valence-electron chi connectivity index (χ2n) is 5.47. The summed E-state index contributed by atoms with van der Waals surface area (Å²) >= 11 is 0. The summed E-state index contributed by atoms with van der Waals surface area (Å²) in [5.74, 6) is 3.23. The van der Waals surface area contributed by atoms with Crippen LogP contribution >= 0.6 is 0 Å². The van der Waals surface area contributed by atoms with Crippen molar-refractivity contribution in [3.05, 3.63) is 72.3 Å². The van der Waals surface area contributed by atoms with E-state index in [-0.39, 0.29) is 5.75 Å². The molecule has 2 aromatic rings. The Labute approximate surface area is 152 Å². The molecule has 0 bridgehead atoms. The van der Waals surface area contributed by atoms with Crippen LogP contribution in [-0.4, -0.2) is 22.9 Å². The molecule has 1 aromatic carbocycles. The smallest absolute Gasteiger partial charge is 0.298 e. The van der Waals surface area contributed by atoms with Crippen LogP contribution in [0.4, 0.5) is 17.6 Å². The van der Waals surface area contributed by atoms with Crippen molar-refractivity contribution < 1.29 is 22.3 Å². The molecule has 0 saturated carbocycles. The third kappa shape index (κ3) is 4.73. The Morgan fingerprint density at radius 2 is 2.04 bits per heavy atom. The van der Waals surface area contributed by atoms with Crippen molar-refractivity contribution in [2.24, 2.45) is 16.8 Å². The van der Waals surface area contributed by atoms with Crippen LogP contribution in [0.5, 0.6) is 5.75 Å². The van der Waals surface area contributed by atoms with Crippen molar-refractivity contribution in [1.29, 1.82) is 0 Å². The van der Waals surface area contributed by atoms with Gasteiger partial charge in [0, 0.05) is 12.6 Å². The molecule has 1 atom stereocenters. The van der Waals surface area contributed by atoms with Crippen LogP contribution < -0.4 is 16.4 Å². The van der Waals surface area contributed by atoms with E-state index in [1.54, 1.807) is 0 Å². The first kappa shape index (κ1) is 20.2. The molecule has 10 heteroatoms. The average molecular weight is 383 g/mol. The van der Waals surface area contributed by atoms with E-state index in [0.717, 1.165) is 42.0 Å². The molecule has 4 N–H and O–H groups in total. The molecule has 0 radical (unpaired) electrons. The largest absolute Gasteiger partial charge is 0.464 e. The van der Waals surface area contributed by atoms with E-state index in [9.17, 15) is 8.78 Å². The van der Waals surface area contributed by atoms with Gasteiger partial charge in [0.05, 0.1) is 18.4 Å². The van der Waals surface area contributed by atoms with Crippen molar-refractivity contribution in [2.45, 2.75) is 11.8 Å². The van der Waals surface area contributed by atoms with E-state index in [2.05, 4.69) is 16.7 Å². The molecule has 0 saturated heterocycles. The normalized spacial score (nSPS) is 12.8. The zero-order chi connectivity index (χ0) is 20.0. The quantitative estimate of drug-likeness (QED) is 0.183. The van der Waals surface area contributed by atoms with Gasteiger partial charge in [-0.2, -0.15) is 13.9 Å². The first-order valence-corrected chi connectivity index (χ1v) is 7.61. The Hall–Kier alpha value is -3.14. The summed E-state index contributed by atoms with van der Waals surface area (Å²) < 4.78 is 62.7. The number of hydrogen-bond donors (Lipinski definition) is 2. The van der Waals surface area contributed by atoms with Crippen LogP contribution in [0.15, 0.2) is 54.5 Å². The van der Waals surface area contributed by atoms with Gasteiger partial charge in [0.15, 0.2) is 0 Å². The number of aromatic nitrogens is 1. The van der Waals surface area contributed by atoms with Crippen molar-refractivity contribution in [1.82, 2.24) is 9.99 Å². The molecule has 144 valence electrons. The SMILES string of the molecule is C=COc1ccc(C(F)(F)C(CN(N)/C=N\N)c2ccc(F)cc2F)nc1. The van der Waals surface area contributed by atoms with Crippen LogP contribution in [0.25, 0.3) is 0 Å². The molecule has 27 heavy (non-hydrogen) atoms. The number of hydrazine groups is 1. The third-order valence-corrected chi connectivity index (χ3v) is 3.68. The first-order valence-electron chi connectivity index (χ1n) is 7.61. The predicted molar refractivity (Wildman–Crippen MR) is 91.6 cm³/mol. The van der Waals surface area contributed by atoms with Gasteiger partial charge in [-0.1, -0.05) is 12.6 Å². The summed E-state index contributed by atoms with van der Waals surface area (Å²) in [4.78, 5) is 3.68. The first-order chi connectivity index (χ1) is 12.8. The fourth-order valence-electron chi connectivity index (χ4n) is 2.46. The molecule has 0 amide bonds. The van der Waals surface area contributed by atoms with E-state index < -0.39 is 41.3 Å². The molecule has 1 aromatic heterocycles. The third-order valence-electron chi connectivity index (χ3n) is 3.68. The van der Waals surface area contributed by atoms with Crippen molar-refractivity contribution in [3.63, 3.8) is 0 Å². The summed E-state index contributed by atoms with van der Waals surface area (Å²) in [6, 6.07) is 4.63. The van der Waals surface area contributed by atoms with E-state index >= 15 is 8.78 Å². The number of nitrogens with two attached hydrogens (primary N) is 2. The van der Waals surface area contributed by atoms with Gasteiger partial charge in [-0.15, -0.1) is 0 Å². The fraction of sp³-hybridized carbons (Fsp3) is 0.176. The summed E-state index contributed by atoms with van der Waals surface area (Å²) in [6.07, 6.45) is 3.09. The Morgan fingerprint density at radius 3 is 2.59 bits per heavy atom. The van der Waals surface area contributed by atoms with Gasteiger partial charge in [0.1, 0.15) is 29.4 Å². The van der Waals surface area contributed by atoms with Gasteiger partial charge in [-0.05, 0) is 23.8 Å². The minimum absolute atomic E-state index is 0.199. The molecule has 1 heterocycles. The molecule has 0 spiro atoms. The fourth-order valence-corrected chi connectivity index (χ4v) is 2.46. The van der Waals surface area contributed by atoms with Gasteiger partial charge >= 0.3 is 0 Å². The number of hydrazone groups is 1. The van der Waals surface area contributed by atoms with Crippen molar-refractivity contribution in [3.8, 4) is 5.75 Å². The van der Waals surface area contributed by atoms with Crippen molar-refractivity contribution >= 4 is 6.34 Å². The number of halogens is 4. The monoisotopic (exact) mass is 383 g/mol. The summed E-state index contributed by atoms with van der Waals surface area (Å²) in [7, 11) is 0. The Kier molecular flexibility index (Phi) is 6.35. The Bertz CT molecular complexity index is 813. The summed E-state index contributed by atoms with van der Waals surface area (Å²) in [5, 5.41) is 3.92. The lowest BCUT2D eigenvalue weighted by Crippen LogP contribution is -2.40. The molecule has 6 nitrogen and oxygen atoms in total. The molecular weight excluding hydrogens is 366 g/mol.